The van der Waals surface area contributed by atoms with E-state index in [2.05, 4.69) is 0 Å². The van der Waals surface area contributed by atoms with Crippen LogP contribution in [0.2, 0.25) is 0 Å². The van der Waals surface area contributed by atoms with Crippen molar-refractivity contribution in [1.29, 1.82) is 0 Å². The van der Waals surface area contributed by atoms with Crippen LogP contribution in [0.5, 0.6) is 0 Å². The van der Waals surface area contributed by atoms with Gasteiger partial charge in [-0.15, -0.1) is 0 Å². The van der Waals surface area contributed by atoms with E-state index in [1.807, 2.05) is 67.6 Å². The van der Waals surface area contributed by atoms with Gasteiger partial charge < -0.3 is 4.74 Å². The molecule has 3 aromatic rings. The van der Waals surface area contributed by atoms with Gasteiger partial charge in [0.1, 0.15) is 0 Å². The van der Waals surface area contributed by atoms with Crippen molar-refractivity contribution < 1.29 is 17.9 Å². The lowest BCUT2D eigenvalue weighted by Gasteiger charge is -2.15. The average Bonchev–Trinajstić information content (AvgIpc) is 3.43. The van der Waals surface area contributed by atoms with Crippen LogP contribution < -0.4 is 0 Å². The van der Waals surface area contributed by atoms with Crippen molar-refractivity contribution in [2.24, 2.45) is 4.99 Å². The van der Waals surface area contributed by atoms with Crippen molar-refractivity contribution in [3.05, 3.63) is 102 Å². The van der Waals surface area contributed by atoms with Crippen LogP contribution in [0.1, 0.15) is 30.5 Å². The molecule has 0 N–H and O–H groups in total. The molecule has 1 heterocycles. The minimum absolute atomic E-state index is 0.188. The number of aryl methyl sites for hydroxylation is 1. The lowest BCUT2D eigenvalue weighted by atomic mass is 10.00. The average molecular weight is 477 g/mol. The number of nitrogens with zero attached hydrogens (tertiary/aromatic N) is 2. The Morgan fingerprint density at radius 2 is 1.41 bits per heavy atom. The second-order valence-electron chi connectivity index (χ2n) is 8.89. The predicted molar refractivity (Wildman–Crippen MR) is 132 cm³/mol. The van der Waals surface area contributed by atoms with E-state index in [1.54, 1.807) is 38.1 Å². The number of esters is 1. The minimum atomic E-state index is -3.83. The van der Waals surface area contributed by atoms with Crippen LogP contribution in [-0.2, 0) is 19.6 Å². The maximum absolute atomic E-state index is 13.5. The molecule has 0 amide bonds. The fourth-order valence-corrected chi connectivity index (χ4v) is 6.36. The van der Waals surface area contributed by atoms with Crippen LogP contribution in [0.15, 0.2) is 94.8 Å². The molecule has 0 aliphatic carbocycles. The Hall–Kier alpha value is -3.29. The van der Waals surface area contributed by atoms with Crippen LogP contribution in [-0.4, -0.2) is 49.1 Å². The summed E-state index contributed by atoms with van der Waals surface area (Å²) in [5, 5.41) is 0. The summed E-state index contributed by atoms with van der Waals surface area (Å²) in [6.07, 6.45) is 0. The van der Waals surface area contributed by atoms with Gasteiger partial charge in [-0.2, -0.15) is 4.31 Å². The third-order valence-corrected chi connectivity index (χ3v) is 8.24. The predicted octanol–water partition coefficient (Wildman–Crippen LogP) is 4.23. The Balaban J connectivity index is 1.81. The Morgan fingerprint density at radius 1 is 0.912 bits per heavy atom. The minimum Gasteiger partial charge on any atom is -0.467 e. The van der Waals surface area contributed by atoms with E-state index >= 15 is 0 Å². The number of methoxy groups -OCH3 is 1. The first-order valence-electron chi connectivity index (χ1n) is 11.1. The highest BCUT2D eigenvalue weighted by atomic mass is 32.2. The number of carbonyl (C=O) groups is 1. The molecule has 1 unspecified atom stereocenters. The van der Waals surface area contributed by atoms with E-state index in [9.17, 15) is 13.2 Å². The maximum atomic E-state index is 13.5. The first-order chi connectivity index (χ1) is 16.2. The lowest BCUT2D eigenvalue weighted by molar-refractivity contribution is -0.142. The quantitative estimate of drug-likeness (QED) is 0.291. The molecule has 1 aliphatic heterocycles. The summed E-state index contributed by atoms with van der Waals surface area (Å²) in [6, 6.07) is 24.1. The highest BCUT2D eigenvalue weighted by Crippen LogP contribution is 2.48. The molecule has 3 atom stereocenters. The summed E-state index contributed by atoms with van der Waals surface area (Å²) in [5.41, 5.74) is 2.41. The Kier molecular flexibility index (Phi) is 6.43. The van der Waals surface area contributed by atoms with Crippen molar-refractivity contribution in [1.82, 2.24) is 4.31 Å². The number of hydrogen-bond acceptors (Lipinski definition) is 5. The molecule has 6 nitrogen and oxygen atoms in total. The fraction of sp³-hybridized carbons (Fsp3) is 0.259. The highest BCUT2D eigenvalue weighted by Gasteiger charge is 2.67. The lowest BCUT2D eigenvalue weighted by Crippen LogP contribution is -2.32. The van der Waals surface area contributed by atoms with Gasteiger partial charge in [0.05, 0.1) is 29.3 Å². The summed E-state index contributed by atoms with van der Waals surface area (Å²) in [6.45, 7) is 5.51. The van der Waals surface area contributed by atoms with Crippen molar-refractivity contribution in [3.8, 4) is 0 Å². The monoisotopic (exact) mass is 476 g/mol. The zero-order valence-corrected chi connectivity index (χ0v) is 20.5. The van der Waals surface area contributed by atoms with Gasteiger partial charge in [-0.25, -0.2) is 13.2 Å². The summed E-state index contributed by atoms with van der Waals surface area (Å²) in [4.78, 5) is 18.0. The molecule has 0 saturated carbocycles. The van der Waals surface area contributed by atoms with Gasteiger partial charge in [-0.3, -0.25) is 4.99 Å². The standard InChI is InChI=1S/C27H28N2O4S/c1-19-15-17-22(18-16-19)34(31,32)29-25(27(29,2)3)24(26(30)33-4)28-23(20-11-7-5-8-12-20)21-13-9-6-10-14-21/h5-18,24-25H,1-4H3/t24-,25+,29?/m0/s1. The molecule has 1 aliphatic rings. The van der Waals surface area contributed by atoms with Crippen LogP contribution in [0.3, 0.4) is 0 Å². The van der Waals surface area contributed by atoms with Crippen molar-refractivity contribution >= 4 is 21.7 Å². The van der Waals surface area contributed by atoms with Gasteiger partial charge in [-0.1, -0.05) is 78.4 Å². The Morgan fingerprint density at radius 3 is 1.88 bits per heavy atom. The molecule has 0 spiro atoms. The third kappa shape index (κ3) is 4.41. The van der Waals surface area contributed by atoms with Crippen molar-refractivity contribution in [2.75, 3.05) is 7.11 Å². The second kappa shape index (κ2) is 9.16. The molecule has 0 aromatic heterocycles. The summed E-state index contributed by atoms with van der Waals surface area (Å²) >= 11 is 0. The topological polar surface area (TPSA) is 75.8 Å². The smallest absolute Gasteiger partial charge is 0.332 e. The molecule has 3 aromatic carbocycles. The molecule has 34 heavy (non-hydrogen) atoms. The summed E-state index contributed by atoms with van der Waals surface area (Å²) in [7, 11) is -2.54. The van der Waals surface area contributed by atoms with Gasteiger partial charge in [0.15, 0.2) is 6.04 Å². The van der Waals surface area contributed by atoms with Crippen LogP contribution in [0, 0.1) is 6.92 Å². The molecule has 7 heteroatoms. The van der Waals surface area contributed by atoms with Gasteiger partial charge in [0.2, 0.25) is 10.0 Å². The van der Waals surface area contributed by atoms with E-state index in [-0.39, 0.29) is 4.90 Å². The highest BCUT2D eigenvalue weighted by molar-refractivity contribution is 7.89. The van der Waals surface area contributed by atoms with Crippen LogP contribution in [0.25, 0.3) is 0 Å². The Bertz CT molecular complexity index is 1260. The number of ether oxygens (including phenoxy) is 1. The zero-order chi connectivity index (χ0) is 24.5. The third-order valence-electron chi connectivity index (χ3n) is 6.16. The number of hydrogen-bond donors (Lipinski definition) is 0. The molecule has 0 bridgehead atoms. The summed E-state index contributed by atoms with van der Waals surface area (Å²) in [5.74, 6) is -0.580. The molecular weight excluding hydrogens is 448 g/mol. The number of rotatable bonds is 7. The zero-order valence-electron chi connectivity index (χ0n) is 19.7. The first kappa shape index (κ1) is 23.9. The number of carbonyl (C=O) groups excluding carboxylic acids is 1. The number of aliphatic imine (C=N–C) groups is 1. The van der Waals surface area contributed by atoms with Gasteiger partial charge in [0, 0.05) is 11.1 Å². The van der Waals surface area contributed by atoms with Gasteiger partial charge in [-0.05, 0) is 32.9 Å². The van der Waals surface area contributed by atoms with Crippen molar-refractivity contribution in [3.63, 3.8) is 0 Å². The fourth-order valence-electron chi connectivity index (χ4n) is 4.30. The summed E-state index contributed by atoms with van der Waals surface area (Å²) < 4.78 is 33.5. The molecular formula is C27H28N2O4S. The second-order valence-corrected chi connectivity index (χ2v) is 10.7. The molecule has 4 rings (SSSR count). The SMILES string of the molecule is COC(=O)[C@@H](N=C(c1ccccc1)c1ccccc1)[C@H]1N(S(=O)(=O)c2ccc(C)cc2)C1(C)C. The van der Waals surface area contributed by atoms with Crippen LogP contribution >= 0.6 is 0 Å². The number of benzene rings is 3. The molecule has 0 radical (unpaired) electrons. The largest absolute Gasteiger partial charge is 0.467 e. The van der Waals surface area contributed by atoms with Crippen LogP contribution in [0.4, 0.5) is 0 Å². The van der Waals surface area contributed by atoms with E-state index in [4.69, 9.17) is 9.73 Å². The van der Waals surface area contributed by atoms with E-state index in [0.29, 0.717) is 5.71 Å². The van der Waals surface area contributed by atoms with Gasteiger partial charge in [0.25, 0.3) is 0 Å². The van der Waals surface area contributed by atoms with E-state index in [1.165, 1.54) is 11.4 Å². The van der Waals surface area contributed by atoms with Gasteiger partial charge >= 0.3 is 5.97 Å². The first-order valence-corrected chi connectivity index (χ1v) is 12.5. The van der Waals surface area contributed by atoms with E-state index in [0.717, 1.165) is 16.7 Å². The molecule has 1 saturated heterocycles. The van der Waals surface area contributed by atoms with Crippen molar-refractivity contribution in [2.45, 2.75) is 43.3 Å². The molecule has 1 fully saturated rings. The maximum Gasteiger partial charge on any atom is 0.332 e. The normalized spacial score (nSPS) is 19.6. The van der Waals surface area contributed by atoms with E-state index < -0.39 is 33.6 Å². The Labute approximate surface area is 201 Å². The molecule has 176 valence electrons. The number of sulfonamides is 1.